The molecule has 94 valence electrons. The zero-order chi connectivity index (χ0) is 12.1. The number of nitrogens with one attached hydrogen (secondary N) is 1. The van der Waals surface area contributed by atoms with Crippen LogP contribution >= 0.6 is 23.1 Å². The molecule has 0 spiro atoms. The van der Waals surface area contributed by atoms with Crippen LogP contribution in [0.15, 0.2) is 17.5 Å². The normalized spacial score (nSPS) is 20.2. The van der Waals surface area contributed by atoms with Gasteiger partial charge in [0.1, 0.15) is 6.17 Å². The molecular weight excluding hydrogens is 252 g/mol. The minimum absolute atomic E-state index is 0.108. The summed E-state index contributed by atoms with van der Waals surface area (Å²) < 4.78 is 0. The fraction of sp³-hybridized carbons (Fsp3) is 0.583. The molecule has 0 aromatic carbocycles. The van der Waals surface area contributed by atoms with E-state index in [4.69, 9.17) is 0 Å². The number of rotatable bonds is 6. The van der Waals surface area contributed by atoms with Gasteiger partial charge in [-0.05, 0) is 36.3 Å². The van der Waals surface area contributed by atoms with Crippen LogP contribution in [0.4, 0.5) is 0 Å². The van der Waals surface area contributed by atoms with Gasteiger partial charge in [-0.2, -0.15) is 11.8 Å². The third kappa shape index (κ3) is 3.24. The summed E-state index contributed by atoms with van der Waals surface area (Å²) in [5.74, 6) is 1.41. The molecular formula is C12H18N2OS2. The smallest absolute Gasteiger partial charge is 0.238 e. The lowest BCUT2D eigenvalue weighted by Gasteiger charge is -2.23. The van der Waals surface area contributed by atoms with Gasteiger partial charge < -0.3 is 4.90 Å². The highest BCUT2D eigenvalue weighted by molar-refractivity contribution is 7.98. The van der Waals surface area contributed by atoms with Crippen molar-refractivity contribution < 1.29 is 4.79 Å². The molecule has 0 radical (unpaired) electrons. The molecule has 0 aliphatic carbocycles. The standard InChI is InChI=1S/C12H18N2OS2/c1-16-7-3-2-6-14-11(15)9-13-12(14)10-5-4-8-17-10/h4-5,8,12-13H,2-3,6-7,9H2,1H3. The van der Waals surface area contributed by atoms with Gasteiger partial charge in [0.05, 0.1) is 6.54 Å². The Morgan fingerprint density at radius 1 is 1.59 bits per heavy atom. The van der Waals surface area contributed by atoms with Crippen molar-refractivity contribution in [1.82, 2.24) is 10.2 Å². The van der Waals surface area contributed by atoms with Gasteiger partial charge in [-0.1, -0.05) is 6.07 Å². The van der Waals surface area contributed by atoms with Crippen LogP contribution in [0.5, 0.6) is 0 Å². The van der Waals surface area contributed by atoms with E-state index in [1.807, 2.05) is 22.7 Å². The molecule has 1 unspecified atom stereocenters. The fourth-order valence-corrected chi connectivity index (χ4v) is 3.33. The Kier molecular flexibility index (Phi) is 4.88. The van der Waals surface area contributed by atoms with E-state index >= 15 is 0 Å². The van der Waals surface area contributed by atoms with Crippen LogP contribution in [-0.2, 0) is 4.79 Å². The van der Waals surface area contributed by atoms with Gasteiger partial charge in [0.25, 0.3) is 0 Å². The summed E-state index contributed by atoms with van der Waals surface area (Å²) in [6.07, 6.45) is 4.51. The van der Waals surface area contributed by atoms with Crippen molar-refractivity contribution in [3.63, 3.8) is 0 Å². The molecule has 0 saturated carbocycles. The molecule has 1 amide bonds. The van der Waals surface area contributed by atoms with Crippen molar-refractivity contribution >= 4 is 29.0 Å². The molecule has 1 aliphatic heterocycles. The Balaban J connectivity index is 1.90. The second kappa shape index (κ2) is 6.42. The monoisotopic (exact) mass is 270 g/mol. The van der Waals surface area contributed by atoms with Crippen LogP contribution in [-0.4, -0.2) is 35.9 Å². The van der Waals surface area contributed by atoms with Gasteiger partial charge in [0.2, 0.25) is 5.91 Å². The lowest BCUT2D eigenvalue weighted by molar-refractivity contribution is -0.128. The highest BCUT2D eigenvalue weighted by Gasteiger charge is 2.31. The molecule has 2 heterocycles. The first-order valence-corrected chi connectivity index (χ1v) is 8.15. The van der Waals surface area contributed by atoms with Crippen LogP contribution in [0.1, 0.15) is 23.9 Å². The molecule has 1 fully saturated rings. The van der Waals surface area contributed by atoms with Crippen molar-refractivity contribution in [2.24, 2.45) is 0 Å². The lowest BCUT2D eigenvalue weighted by atomic mass is 10.3. The van der Waals surface area contributed by atoms with E-state index in [-0.39, 0.29) is 12.1 Å². The Morgan fingerprint density at radius 3 is 3.18 bits per heavy atom. The predicted octanol–water partition coefficient (Wildman–Crippen LogP) is 2.32. The van der Waals surface area contributed by atoms with Crippen LogP contribution in [0.25, 0.3) is 0 Å². The minimum atomic E-state index is 0.108. The fourth-order valence-electron chi connectivity index (χ4n) is 2.02. The van der Waals surface area contributed by atoms with Gasteiger partial charge in [0.15, 0.2) is 0 Å². The molecule has 0 bridgehead atoms. The molecule has 3 nitrogen and oxygen atoms in total. The van der Waals surface area contributed by atoms with E-state index in [0.29, 0.717) is 6.54 Å². The third-order valence-electron chi connectivity index (χ3n) is 2.89. The summed E-state index contributed by atoms with van der Waals surface area (Å²) in [7, 11) is 0. The van der Waals surface area contributed by atoms with E-state index in [9.17, 15) is 4.79 Å². The molecule has 2 rings (SSSR count). The van der Waals surface area contributed by atoms with Gasteiger partial charge in [-0.15, -0.1) is 11.3 Å². The zero-order valence-corrected chi connectivity index (χ0v) is 11.6. The predicted molar refractivity (Wildman–Crippen MR) is 74.4 cm³/mol. The minimum Gasteiger partial charge on any atom is -0.321 e. The molecule has 1 atom stereocenters. The lowest BCUT2D eigenvalue weighted by Crippen LogP contribution is -2.30. The first kappa shape index (κ1) is 12.9. The van der Waals surface area contributed by atoms with Crippen molar-refractivity contribution in [3.8, 4) is 0 Å². The van der Waals surface area contributed by atoms with Crippen molar-refractivity contribution in [2.45, 2.75) is 19.0 Å². The van der Waals surface area contributed by atoms with E-state index in [1.165, 1.54) is 17.1 Å². The SMILES string of the molecule is CSCCCCN1C(=O)CNC1c1cccs1. The summed E-state index contributed by atoms with van der Waals surface area (Å²) in [6.45, 7) is 1.35. The number of hydrogen-bond acceptors (Lipinski definition) is 4. The van der Waals surface area contributed by atoms with Gasteiger partial charge >= 0.3 is 0 Å². The number of thioether (sulfide) groups is 1. The Bertz CT molecular complexity index is 353. The Morgan fingerprint density at radius 2 is 2.47 bits per heavy atom. The topological polar surface area (TPSA) is 32.3 Å². The maximum atomic E-state index is 11.8. The number of thiophene rings is 1. The number of unbranched alkanes of at least 4 members (excludes halogenated alkanes) is 1. The zero-order valence-electron chi connectivity index (χ0n) is 10.0. The Hall–Kier alpha value is -0.520. The molecule has 1 N–H and O–H groups in total. The maximum Gasteiger partial charge on any atom is 0.238 e. The average Bonchev–Trinajstić information content (AvgIpc) is 2.94. The maximum absolute atomic E-state index is 11.8. The van der Waals surface area contributed by atoms with Gasteiger partial charge in [-0.25, -0.2) is 0 Å². The van der Waals surface area contributed by atoms with Gasteiger partial charge in [0, 0.05) is 11.4 Å². The number of hydrogen-bond donors (Lipinski definition) is 1. The van der Waals surface area contributed by atoms with E-state index in [2.05, 4.69) is 23.0 Å². The van der Waals surface area contributed by atoms with E-state index in [1.54, 1.807) is 11.3 Å². The highest BCUT2D eigenvalue weighted by atomic mass is 32.2. The Labute approximate surface area is 111 Å². The van der Waals surface area contributed by atoms with Gasteiger partial charge in [-0.3, -0.25) is 10.1 Å². The van der Waals surface area contributed by atoms with Crippen LogP contribution in [0, 0.1) is 0 Å². The molecule has 1 saturated heterocycles. The van der Waals surface area contributed by atoms with Crippen LogP contribution in [0.2, 0.25) is 0 Å². The second-order valence-corrected chi connectivity index (χ2v) is 6.05. The van der Waals surface area contributed by atoms with E-state index < -0.39 is 0 Å². The van der Waals surface area contributed by atoms with Crippen LogP contribution in [0.3, 0.4) is 0 Å². The second-order valence-electron chi connectivity index (χ2n) is 4.09. The summed E-state index contributed by atoms with van der Waals surface area (Å²) >= 11 is 3.58. The first-order chi connectivity index (χ1) is 8.33. The number of nitrogens with zero attached hydrogens (tertiary/aromatic N) is 1. The van der Waals surface area contributed by atoms with Crippen molar-refractivity contribution in [2.75, 3.05) is 25.1 Å². The molecule has 17 heavy (non-hydrogen) atoms. The summed E-state index contributed by atoms with van der Waals surface area (Å²) in [6, 6.07) is 4.13. The number of amides is 1. The molecule has 5 heteroatoms. The van der Waals surface area contributed by atoms with Crippen molar-refractivity contribution in [3.05, 3.63) is 22.4 Å². The first-order valence-electron chi connectivity index (χ1n) is 5.88. The summed E-state index contributed by atoms with van der Waals surface area (Å²) in [5.41, 5.74) is 0. The number of carbonyl (C=O) groups excluding carboxylic acids is 1. The number of carbonyl (C=O) groups is 1. The summed E-state index contributed by atoms with van der Waals surface area (Å²) in [5, 5.41) is 5.34. The van der Waals surface area contributed by atoms with E-state index in [0.717, 1.165) is 13.0 Å². The van der Waals surface area contributed by atoms with Crippen LogP contribution < -0.4 is 5.32 Å². The largest absolute Gasteiger partial charge is 0.321 e. The molecule has 1 aliphatic rings. The quantitative estimate of drug-likeness (QED) is 0.805. The van der Waals surface area contributed by atoms with Crippen molar-refractivity contribution in [1.29, 1.82) is 0 Å². The molecule has 1 aromatic rings. The summed E-state index contributed by atoms with van der Waals surface area (Å²) in [4.78, 5) is 15.0. The highest BCUT2D eigenvalue weighted by Crippen LogP contribution is 2.26. The third-order valence-corrected chi connectivity index (χ3v) is 4.51. The average molecular weight is 270 g/mol. The molecule has 1 aromatic heterocycles.